The van der Waals surface area contributed by atoms with Crippen LogP contribution in [0.1, 0.15) is 64.2 Å². The third-order valence-electron chi connectivity index (χ3n) is 4.16. The fourth-order valence-corrected chi connectivity index (χ4v) is 2.69. The van der Waals surface area contributed by atoms with Crippen LogP contribution >= 0.6 is 0 Å². The second-order valence-electron chi connectivity index (χ2n) is 7.55. The Bertz CT molecular complexity index is 457. The minimum Gasteiger partial charge on any atom is -0.496 e. The van der Waals surface area contributed by atoms with Crippen LogP contribution in [0.25, 0.3) is 0 Å². The fourth-order valence-electron chi connectivity index (χ4n) is 2.69. The average Bonchev–Trinajstić information content (AvgIpc) is 2.36. The van der Waals surface area contributed by atoms with Gasteiger partial charge in [-0.05, 0) is 43.1 Å². The number of methoxy groups -OCH3 is 1. The number of hydrogen-bond acceptors (Lipinski definition) is 2. The van der Waals surface area contributed by atoms with Gasteiger partial charge in [0.1, 0.15) is 5.75 Å². The summed E-state index contributed by atoms with van der Waals surface area (Å²) >= 11 is 0. The Morgan fingerprint density at radius 3 is 2.29 bits per heavy atom. The Balaban J connectivity index is 2.94. The van der Waals surface area contributed by atoms with Crippen molar-refractivity contribution >= 4 is 0 Å². The van der Waals surface area contributed by atoms with E-state index < -0.39 is 0 Å². The number of benzene rings is 1. The largest absolute Gasteiger partial charge is 0.496 e. The lowest BCUT2D eigenvalue weighted by Gasteiger charge is -2.25. The van der Waals surface area contributed by atoms with Gasteiger partial charge in [-0.25, -0.2) is 0 Å². The molecule has 0 fully saturated rings. The Morgan fingerprint density at radius 2 is 1.81 bits per heavy atom. The Morgan fingerprint density at radius 1 is 1.19 bits per heavy atom. The lowest BCUT2D eigenvalue weighted by Crippen LogP contribution is -2.26. The predicted molar refractivity (Wildman–Crippen MR) is 92.2 cm³/mol. The highest BCUT2D eigenvalue weighted by atomic mass is 16.5. The molecule has 1 unspecified atom stereocenters. The van der Waals surface area contributed by atoms with E-state index in [4.69, 9.17) is 10.5 Å². The van der Waals surface area contributed by atoms with Gasteiger partial charge < -0.3 is 10.5 Å². The molecule has 21 heavy (non-hydrogen) atoms. The molecule has 2 heteroatoms. The third-order valence-corrected chi connectivity index (χ3v) is 4.16. The summed E-state index contributed by atoms with van der Waals surface area (Å²) in [5, 5.41) is 0. The second kappa shape index (κ2) is 7.31. The van der Waals surface area contributed by atoms with Crippen molar-refractivity contribution in [3.63, 3.8) is 0 Å². The van der Waals surface area contributed by atoms with Crippen LogP contribution < -0.4 is 10.5 Å². The van der Waals surface area contributed by atoms with E-state index in [0.29, 0.717) is 12.0 Å². The highest BCUT2D eigenvalue weighted by Gasteiger charge is 2.21. The summed E-state index contributed by atoms with van der Waals surface area (Å²) in [6.45, 7) is 13.3. The van der Waals surface area contributed by atoms with E-state index in [1.165, 1.54) is 16.7 Å². The molecule has 0 heterocycles. The zero-order chi connectivity index (χ0) is 16.2. The summed E-state index contributed by atoms with van der Waals surface area (Å²) < 4.78 is 5.73. The Kier molecular flexibility index (Phi) is 6.27. The first-order valence-electron chi connectivity index (χ1n) is 8.10. The molecule has 2 N–H and O–H groups in total. The van der Waals surface area contributed by atoms with E-state index in [-0.39, 0.29) is 5.41 Å². The monoisotopic (exact) mass is 291 g/mol. The van der Waals surface area contributed by atoms with Gasteiger partial charge in [-0.2, -0.15) is 0 Å². The molecular weight excluding hydrogens is 258 g/mol. The minimum absolute atomic E-state index is 0.0977. The molecule has 0 aliphatic heterocycles. The number of aryl methyl sites for hydroxylation is 2. The summed E-state index contributed by atoms with van der Waals surface area (Å²) in [6, 6.07) is 4.81. The first-order chi connectivity index (χ1) is 9.66. The van der Waals surface area contributed by atoms with E-state index in [9.17, 15) is 0 Å². The van der Waals surface area contributed by atoms with Gasteiger partial charge >= 0.3 is 0 Å². The lowest BCUT2D eigenvalue weighted by atomic mass is 9.83. The van der Waals surface area contributed by atoms with Gasteiger partial charge in [0.05, 0.1) is 7.11 Å². The molecule has 0 aliphatic carbocycles. The van der Waals surface area contributed by atoms with Crippen LogP contribution in [0.5, 0.6) is 5.75 Å². The van der Waals surface area contributed by atoms with Crippen LogP contribution in [-0.2, 0) is 11.8 Å². The summed E-state index contributed by atoms with van der Waals surface area (Å²) in [6.07, 6.45) is 3.22. The molecule has 0 amide bonds. The van der Waals surface area contributed by atoms with Gasteiger partial charge in [-0.15, -0.1) is 0 Å². The molecule has 0 radical (unpaired) electrons. The molecule has 120 valence electrons. The minimum atomic E-state index is 0.0977. The molecule has 1 rings (SSSR count). The smallest absolute Gasteiger partial charge is 0.125 e. The second-order valence-corrected chi connectivity index (χ2v) is 7.55. The quantitative estimate of drug-likeness (QED) is 0.831. The fraction of sp³-hybridized carbons (Fsp3) is 0.684. The normalized spacial score (nSPS) is 13.6. The van der Waals surface area contributed by atoms with Gasteiger partial charge in [0.2, 0.25) is 0 Å². The summed E-state index contributed by atoms with van der Waals surface area (Å²) in [5.74, 6) is 1.61. The Labute approximate surface area is 131 Å². The molecule has 1 atom stereocenters. The maximum Gasteiger partial charge on any atom is 0.125 e. The molecule has 2 nitrogen and oxygen atoms in total. The van der Waals surface area contributed by atoms with Crippen molar-refractivity contribution in [1.82, 2.24) is 0 Å². The van der Waals surface area contributed by atoms with E-state index in [0.717, 1.165) is 25.0 Å². The molecule has 0 saturated carbocycles. The molecule has 0 bridgehead atoms. The maximum atomic E-state index is 6.15. The first-order valence-corrected chi connectivity index (χ1v) is 8.10. The van der Waals surface area contributed by atoms with Crippen LogP contribution in [0.15, 0.2) is 12.1 Å². The molecule has 0 saturated heterocycles. The van der Waals surface area contributed by atoms with Gasteiger partial charge in [-0.1, -0.05) is 52.3 Å². The van der Waals surface area contributed by atoms with Crippen LogP contribution in [-0.4, -0.2) is 13.2 Å². The molecule has 0 aliphatic rings. The highest BCUT2D eigenvalue weighted by molar-refractivity contribution is 5.47. The van der Waals surface area contributed by atoms with Crippen LogP contribution in [0.3, 0.4) is 0 Å². The lowest BCUT2D eigenvalue weighted by molar-refractivity contribution is 0.390. The van der Waals surface area contributed by atoms with E-state index in [2.05, 4.69) is 53.7 Å². The van der Waals surface area contributed by atoms with Crippen molar-refractivity contribution in [2.24, 2.45) is 11.7 Å². The van der Waals surface area contributed by atoms with Crippen molar-refractivity contribution in [1.29, 1.82) is 0 Å². The van der Waals surface area contributed by atoms with Gasteiger partial charge in [0.15, 0.2) is 0 Å². The SMILES string of the molecule is COc1c(CCCC(N)C(C)C)cc(C)cc1C(C)(C)C. The van der Waals surface area contributed by atoms with Gasteiger partial charge in [0, 0.05) is 11.6 Å². The van der Waals surface area contributed by atoms with Gasteiger partial charge in [0.25, 0.3) is 0 Å². The van der Waals surface area contributed by atoms with E-state index in [1.54, 1.807) is 7.11 Å². The van der Waals surface area contributed by atoms with E-state index >= 15 is 0 Å². The van der Waals surface area contributed by atoms with Crippen molar-refractivity contribution in [3.8, 4) is 5.75 Å². The van der Waals surface area contributed by atoms with Crippen molar-refractivity contribution < 1.29 is 4.74 Å². The third kappa shape index (κ3) is 5.03. The number of hydrogen-bond donors (Lipinski definition) is 1. The Hall–Kier alpha value is -1.02. The summed E-state index contributed by atoms with van der Waals surface area (Å²) in [4.78, 5) is 0. The summed E-state index contributed by atoms with van der Waals surface area (Å²) in [7, 11) is 1.78. The average molecular weight is 291 g/mol. The number of nitrogens with two attached hydrogens (primary N) is 1. The zero-order valence-electron chi connectivity index (χ0n) is 14.9. The predicted octanol–water partition coefficient (Wildman–Crippen LogP) is 4.61. The zero-order valence-corrected chi connectivity index (χ0v) is 14.9. The van der Waals surface area contributed by atoms with E-state index in [1.807, 2.05) is 0 Å². The van der Waals surface area contributed by atoms with Crippen LogP contribution in [0.2, 0.25) is 0 Å². The highest BCUT2D eigenvalue weighted by Crippen LogP contribution is 2.35. The van der Waals surface area contributed by atoms with Crippen molar-refractivity contribution in [2.45, 2.75) is 72.3 Å². The molecule has 0 aromatic heterocycles. The first kappa shape index (κ1) is 18.0. The van der Waals surface area contributed by atoms with Gasteiger partial charge in [-0.3, -0.25) is 0 Å². The molecule has 0 spiro atoms. The van der Waals surface area contributed by atoms with Crippen molar-refractivity contribution in [2.75, 3.05) is 7.11 Å². The molecule has 1 aromatic carbocycles. The standard InChI is InChI=1S/C19H33NO/c1-13(2)17(20)10-8-9-15-11-14(3)12-16(18(15)21-7)19(4,5)6/h11-13,17H,8-10,20H2,1-7H3. The topological polar surface area (TPSA) is 35.2 Å². The molecule has 1 aromatic rings. The molecular formula is C19H33NO. The summed E-state index contributed by atoms with van der Waals surface area (Å²) in [5.41, 5.74) is 10.2. The van der Waals surface area contributed by atoms with Crippen LogP contribution in [0, 0.1) is 12.8 Å². The van der Waals surface area contributed by atoms with Crippen molar-refractivity contribution in [3.05, 3.63) is 28.8 Å². The number of rotatable bonds is 6. The maximum absolute atomic E-state index is 6.15. The van der Waals surface area contributed by atoms with Crippen LogP contribution in [0.4, 0.5) is 0 Å². The number of ether oxygens (including phenoxy) is 1.